The van der Waals surface area contributed by atoms with Crippen molar-refractivity contribution in [2.75, 3.05) is 19.7 Å². The molecule has 1 fully saturated rings. The molecule has 3 N–H and O–H groups in total. The van der Waals surface area contributed by atoms with Crippen LogP contribution in [0, 0.1) is 5.92 Å². The fourth-order valence-corrected chi connectivity index (χ4v) is 2.75. The minimum Gasteiger partial charge on any atom is -0.389 e. The van der Waals surface area contributed by atoms with Gasteiger partial charge in [-0.2, -0.15) is 0 Å². The van der Waals surface area contributed by atoms with E-state index in [1.165, 1.54) is 0 Å². The first-order valence-electron chi connectivity index (χ1n) is 7.64. The number of aliphatic hydroxyl groups excluding tert-OH is 1. The number of hydrogen-bond donors (Lipinski definition) is 3. The zero-order chi connectivity index (χ0) is 14.3. The van der Waals surface area contributed by atoms with Gasteiger partial charge in [0.15, 0.2) is 0 Å². The lowest BCUT2D eigenvalue weighted by Gasteiger charge is -2.24. The molecular formula is C15H31NO3. The van der Waals surface area contributed by atoms with Gasteiger partial charge in [-0.1, -0.05) is 26.7 Å². The molecule has 4 heteroatoms. The summed E-state index contributed by atoms with van der Waals surface area (Å²) in [6.07, 6.45) is 4.66. The van der Waals surface area contributed by atoms with E-state index in [-0.39, 0.29) is 6.10 Å². The lowest BCUT2D eigenvalue weighted by molar-refractivity contribution is -0.0120. The predicted molar refractivity (Wildman–Crippen MR) is 77.2 cm³/mol. The molecule has 2 atom stereocenters. The van der Waals surface area contributed by atoms with E-state index >= 15 is 0 Å². The van der Waals surface area contributed by atoms with Gasteiger partial charge in [-0.15, -0.1) is 0 Å². The van der Waals surface area contributed by atoms with Crippen LogP contribution in [0.1, 0.15) is 52.9 Å². The Morgan fingerprint density at radius 2 is 1.84 bits per heavy atom. The molecule has 1 saturated carbocycles. The minimum atomic E-state index is -0.550. The largest absolute Gasteiger partial charge is 0.389 e. The maximum atomic E-state index is 10.1. The third-order valence-corrected chi connectivity index (χ3v) is 3.74. The van der Waals surface area contributed by atoms with Crippen molar-refractivity contribution < 1.29 is 14.9 Å². The summed E-state index contributed by atoms with van der Waals surface area (Å²) in [4.78, 5) is 0. The fraction of sp³-hybridized carbons (Fsp3) is 1.00. The van der Waals surface area contributed by atoms with Crippen molar-refractivity contribution in [2.45, 2.75) is 70.7 Å². The Kier molecular flexibility index (Phi) is 7.29. The smallest absolute Gasteiger partial charge is 0.0897 e. The van der Waals surface area contributed by atoms with Crippen LogP contribution in [-0.2, 0) is 4.74 Å². The summed E-state index contributed by atoms with van der Waals surface area (Å²) in [5.41, 5.74) is -0.550. The quantitative estimate of drug-likeness (QED) is 0.598. The summed E-state index contributed by atoms with van der Waals surface area (Å²) < 4.78 is 5.61. The predicted octanol–water partition coefficient (Wildman–Crippen LogP) is 1.69. The van der Waals surface area contributed by atoms with Gasteiger partial charge in [0.2, 0.25) is 0 Å². The van der Waals surface area contributed by atoms with Crippen molar-refractivity contribution in [3.63, 3.8) is 0 Å². The summed E-state index contributed by atoms with van der Waals surface area (Å²) in [6.45, 7) is 7.79. The minimum absolute atomic E-state index is 0.189. The zero-order valence-corrected chi connectivity index (χ0v) is 12.7. The first kappa shape index (κ1) is 16.9. The lowest BCUT2D eigenvalue weighted by atomic mass is 10.0. The van der Waals surface area contributed by atoms with Gasteiger partial charge in [-0.3, -0.25) is 0 Å². The summed E-state index contributed by atoms with van der Waals surface area (Å²) >= 11 is 0. The average Bonchev–Trinajstić information content (AvgIpc) is 2.73. The van der Waals surface area contributed by atoms with E-state index < -0.39 is 11.7 Å². The van der Waals surface area contributed by atoms with Crippen LogP contribution in [0.25, 0.3) is 0 Å². The molecule has 0 amide bonds. The standard InChI is InChI=1S/C15H31NO3/c1-12(2)8-13(3)19-10-14(17)9-16-11-15(18)6-4-5-7-15/h12-14,16-18H,4-11H2,1-3H3. The second kappa shape index (κ2) is 8.20. The maximum absolute atomic E-state index is 10.1. The molecule has 4 nitrogen and oxygen atoms in total. The van der Waals surface area contributed by atoms with Crippen LogP contribution >= 0.6 is 0 Å². The Labute approximate surface area is 117 Å². The van der Waals surface area contributed by atoms with Gasteiger partial charge in [-0.05, 0) is 32.1 Å². The molecule has 0 spiro atoms. The van der Waals surface area contributed by atoms with Gasteiger partial charge >= 0.3 is 0 Å². The molecule has 0 aliphatic heterocycles. The average molecular weight is 273 g/mol. The highest BCUT2D eigenvalue weighted by atomic mass is 16.5. The van der Waals surface area contributed by atoms with E-state index in [1.54, 1.807) is 0 Å². The van der Waals surface area contributed by atoms with Crippen molar-refractivity contribution in [3.8, 4) is 0 Å². The first-order valence-corrected chi connectivity index (χ1v) is 7.64. The number of nitrogens with one attached hydrogen (secondary N) is 1. The lowest BCUT2D eigenvalue weighted by Crippen LogP contribution is -2.42. The van der Waals surface area contributed by atoms with Crippen molar-refractivity contribution in [1.82, 2.24) is 5.32 Å². The maximum Gasteiger partial charge on any atom is 0.0897 e. The van der Waals surface area contributed by atoms with Gasteiger partial charge in [0.05, 0.1) is 24.4 Å². The molecule has 114 valence electrons. The molecule has 0 aromatic rings. The Morgan fingerprint density at radius 1 is 1.21 bits per heavy atom. The number of rotatable bonds is 9. The first-order chi connectivity index (χ1) is 8.91. The summed E-state index contributed by atoms with van der Waals surface area (Å²) in [5, 5.41) is 23.1. The highest BCUT2D eigenvalue weighted by Gasteiger charge is 2.30. The van der Waals surface area contributed by atoms with E-state index in [1.807, 2.05) is 6.92 Å². The molecule has 0 aromatic heterocycles. The number of hydrogen-bond acceptors (Lipinski definition) is 4. The topological polar surface area (TPSA) is 61.7 Å². The molecule has 2 unspecified atom stereocenters. The van der Waals surface area contributed by atoms with Gasteiger partial charge in [0.1, 0.15) is 0 Å². The monoisotopic (exact) mass is 273 g/mol. The van der Waals surface area contributed by atoms with Gasteiger partial charge in [0.25, 0.3) is 0 Å². The van der Waals surface area contributed by atoms with Crippen LogP contribution in [0.2, 0.25) is 0 Å². The van der Waals surface area contributed by atoms with Crippen LogP contribution < -0.4 is 5.32 Å². The Hall–Kier alpha value is -0.160. The molecule has 0 bridgehead atoms. The Morgan fingerprint density at radius 3 is 2.42 bits per heavy atom. The van der Waals surface area contributed by atoms with Crippen molar-refractivity contribution in [3.05, 3.63) is 0 Å². The Balaban J connectivity index is 2.06. The number of ether oxygens (including phenoxy) is 1. The third-order valence-electron chi connectivity index (χ3n) is 3.74. The van der Waals surface area contributed by atoms with Gasteiger partial charge in [-0.25, -0.2) is 0 Å². The highest BCUT2D eigenvalue weighted by Crippen LogP contribution is 2.28. The van der Waals surface area contributed by atoms with E-state index in [4.69, 9.17) is 4.74 Å². The number of aliphatic hydroxyl groups is 2. The van der Waals surface area contributed by atoms with Crippen molar-refractivity contribution >= 4 is 0 Å². The fourth-order valence-electron chi connectivity index (χ4n) is 2.75. The molecule has 1 aliphatic carbocycles. The van der Waals surface area contributed by atoms with E-state index in [9.17, 15) is 10.2 Å². The SMILES string of the molecule is CC(C)CC(C)OCC(O)CNCC1(O)CCCC1. The third kappa shape index (κ3) is 7.25. The molecule has 1 rings (SSSR count). The van der Waals surface area contributed by atoms with Crippen molar-refractivity contribution in [1.29, 1.82) is 0 Å². The Bertz CT molecular complexity index is 240. The second-order valence-electron chi connectivity index (χ2n) is 6.49. The molecule has 0 radical (unpaired) electrons. The summed E-state index contributed by atoms with van der Waals surface area (Å²) in [5.74, 6) is 0.613. The van der Waals surface area contributed by atoms with Gasteiger partial charge < -0.3 is 20.3 Å². The molecule has 0 aromatic carbocycles. The van der Waals surface area contributed by atoms with E-state index in [0.29, 0.717) is 25.6 Å². The van der Waals surface area contributed by atoms with Crippen LogP contribution in [-0.4, -0.2) is 47.7 Å². The van der Waals surface area contributed by atoms with Crippen LogP contribution in [0.5, 0.6) is 0 Å². The summed E-state index contributed by atoms with van der Waals surface area (Å²) in [6, 6.07) is 0. The molecule has 0 saturated heterocycles. The summed E-state index contributed by atoms with van der Waals surface area (Å²) in [7, 11) is 0. The van der Waals surface area contributed by atoms with Crippen LogP contribution in [0.4, 0.5) is 0 Å². The molecular weight excluding hydrogens is 242 g/mol. The molecule has 19 heavy (non-hydrogen) atoms. The highest BCUT2D eigenvalue weighted by molar-refractivity contribution is 4.86. The van der Waals surface area contributed by atoms with Gasteiger partial charge in [0, 0.05) is 13.1 Å². The van der Waals surface area contributed by atoms with Crippen molar-refractivity contribution in [2.24, 2.45) is 5.92 Å². The zero-order valence-electron chi connectivity index (χ0n) is 12.7. The molecule has 1 aliphatic rings. The van der Waals surface area contributed by atoms with E-state index in [0.717, 1.165) is 32.1 Å². The van der Waals surface area contributed by atoms with Crippen LogP contribution in [0.3, 0.4) is 0 Å². The molecule has 0 heterocycles. The normalized spacial score (nSPS) is 21.8. The second-order valence-corrected chi connectivity index (χ2v) is 6.49. The van der Waals surface area contributed by atoms with E-state index in [2.05, 4.69) is 19.2 Å². The van der Waals surface area contributed by atoms with Crippen LogP contribution in [0.15, 0.2) is 0 Å².